The smallest absolute Gasteiger partial charge is 0.220 e. The van der Waals surface area contributed by atoms with Gasteiger partial charge in [-0.05, 0) is 12.2 Å². The average Bonchev–Trinajstić information content (AvgIpc) is 2.67. The highest BCUT2D eigenvalue weighted by Crippen LogP contribution is 2.31. The fourth-order valence-corrected chi connectivity index (χ4v) is 1.62. The molecular formula is C11H11NO4. The third-order valence-corrected chi connectivity index (χ3v) is 2.53. The summed E-state index contributed by atoms with van der Waals surface area (Å²) in [6.07, 6.45) is 4.85. The Morgan fingerprint density at radius 3 is 2.94 bits per heavy atom. The van der Waals surface area contributed by atoms with Crippen molar-refractivity contribution in [1.82, 2.24) is 0 Å². The number of hydrogen-bond donors (Lipinski definition) is 0. The summed E-state index contributed by atoms with van der Waals surface area (Å²) in [4.78, 5) is 27.7. The van der Waals surface area contributed by atoms with Crippen LogP contribution in [0.25, 0.3) is 0 Å². The molecule has 1 aliphatic carbocycles. The van der Waals surface area contributed by atoms with E-state index in [2.05, 4.69) is 5.16 Å². The Bertz CT molecular complexity index is 447. The maximum atomic E-state index is 11.3. The zero-order valence-corrected chi connectivity index (χ0v) is 9.02. The summed E-state index contributed by atoms with van der Waals surface area (Å²) >= 11 is 0. The first-order valence-corrected chi connectivity index (χ1v) is 4.83. The molecule has 1 aliphatic heterocycles. The molecule has 2 aliphatic rings. The van der Waals surface area contributed by atoms with Crippen molar-refractivity contribution in [1.29, 1.82) is 0 Å². The predicted molar refractivity (Wildman–Crippen MR) is 55.8 cm³/mol. The van der Waals surface area contributed by atoms with Crippen molar-refractivity contribution in [3.8, 4) is 0 Å². The number of carbonyl (C=O) groups is 2. The molecule has 1 heterocycles. The van der Waals surface area contributed by atoms with E-state index in [-0.39, 0.29) is 17.3 Å². The Morgan fingerprint density at radius 1 is 1.62 bits per heavy atom. The van der Waals surface area contributed by atoms with E-state index in [0.717, 1.165) is 0 Å². The largest absolute Gasteiger partial charge is 0.493 e. The molecule has 84 valence electrons. The molecule has 16 heavy (non-hydrogen) atoms. The topological polar surface area (TPSA) is 65.0 Å². The highest BCUT2D eigenvalue weighted by molar-refractivity contribution is 6.39. The molecule has 0 N–H and O–H groups in total. The molecule has 0 bridgehead atoms. The van der Waals surface area contributed by atoms with Crippen LogP contribution in [0.4, 0.5) is 0 Å². The summed E-state index contributed by atoms with van der Waals surface area (Å²) < 4.78 is 4.93. The third-order valence-electron chi connectivity index (χ3n) is 2.53. The van der Waals surface area contributed by atoms with E-state index in [4.69, 9.17) is 9.57 Å². The summed E-state index contributed by atoms with van der Waals surface area (Å²) in [5.41, 5.74) is -0.467. The molecule has 0 aromatic rings. The van der Waals surface area contributed by atoms with Gasteiger partial charge in [0.15, 0.2) is 17.1 Å². The van der Waals surface area contributed by atoms with Gasteiger partial charge in [0.05, 0.1) is 7.11 Å². The minimum Gasteiger partial charge on any atom is -0.493 e. The molecule has 2 rings (SSSR count). The number of allylic oxidation sites excluding steroid dienone is 1. The first-order valence-electron chi connectivity index (χ1n) is 4.83. The van der Waals surface area contributed by atoms with Gasteiger partial charge >= 0.3 is 0 Å². The molecule has 0 radical (unpaired) electrons. The van der Waals surface area contributed by atoms with E-state index in [0.29, 0.717) is 12.1 Å². The van der Waals surface area contributed by atoms with E-state index in [1.165, 1.54) is 20.1 Å². The van der Waals surface area contributed by atoms with Crippen molar-refractivity contribution < 1.29 is 19.2 Å². The number of oxime groups is 1. The Labute approximate surface area is 92.4 Å². The molecule has 0 fully saturated rings. The molecule has 0 aromatic carbocycles. The lowest BCUT2D eigenvalue weighted by atomic mass is 9.90. The average molecular weight is 221 g/mol. The first-order chi connectivity index (χ1) is 7.56. The van der Waals surface area contributed by atoms with Gasteiger partial charge in [-0.15, -0.1) is 0 Å². The molecule has 1 atom stereocenters. The van der Waals surface area contributed by atoms with Crippen LogP contribution in [0.2, 0.25) is 0 Å². The second-order valence-corrected chi connectivity index (χ2v) is 3.73. The van der Waals surface area contributed by atoms with Crippen LogP contribution in [0.15, 0.2) is 29.1 Å². The molecular weight excluding hydrogens is 210 g/mol. The van der Waals surface area contributed by atoms with Crippen LogP contribution in [0, 0.1) is 0 Å². The second-order valence-electron chi connectivity index (χ2n) is 3.73. The van der Waals surface area contributed by atoms with Crippen LogP contribution in [0.3, 0.4) is 0 Å². The minimum absolute atomic E-state index is 0.130. The molecule has 0 saturated carbocycles. The standard InChI is InChI=1S/C11H11NO4/c1-7(13)8-5-11(16-12-8)4-3-9(14)10(6-11)15-2/h3-4,6H,5H2,1-2H3. The first kappa shape index (κ1) is 10.6. The summed E-state index contributed by atoms with van der Waals surface area (Å²) in [6, 6.07) is 0. The quantitative estimate of drug-likeness (QED) is 0.690. The molecule has 5 heteroatoms. The summed E-state index contributed by atoms with van der Waals surface area (Å²) in [6.45, 7) is 1.43. The van der Waals surface area contributed by atoms with E-state index in [1.54, 1.807) is 12.2 Å². The number of nitrogens with zero attached hydrogens (tertiary/aromatic N) is 1. The minimum atomic E-state index is -0.833. The van der Waals surface area contributed by atoms with Crippen molar-refractivity contribution in [2.45, 2.75) is 18.9 Å². The van der Waals surface area contributed by atoms with Crippen LogP contribution in [0.1, 0.15) is 13.3 Å². The van der Waals surface area contributed by atoms with E-state index in [1.807, 2.05) is 0 Å². The van der Waals surface area contributed by atoms with E-state index in [9.17, 15) is 9.59 Å². The van der Waals surface area contributed by atoms with Crippen LogP contribution < -0.4 is 0 Å². The zero-order chi connectivity index (χ0) is 11.8. The molecule has 0 aromatic heterocycles. The molecule has 5 nitrogen and oxygen atoms in total. The number of ether oxygens (including phenoxy) is 1. The second kappa shape index (κ2) is 3.59. The Kier molecular flexibility index (Phi) is 2.38. The van der Waals surface area contributed by atoms with Gasteiger partial charge in [-0.1, -0.05) is 5.16 Å². The summed E-state index contributed by atoms with van der Waals surface area (Å²) in [5.74, 6) is -0.134. The summed E-state index contributed by atoms with van der Waals surface area (Å²) in [5, 5.41) is 3.71. The van der Waals surface area contributed by atoms with Gasteiger partial charge < -0.3 is 9.57 Å². The van der Waals surface area contributed by atoms with Crippen molar-refractivity contribution in [3.63, 3.8) is 0 Å². The fourth-order valence-electron chi connectivity index (χ4n) is 1.62. The number of methoxy groups -OCH3 is 1. The van der Waals surface area contributed by atoms with Gasteiger partial charge in [0.2, 0.25) is 5.78 Å². The maximum Gasteiger partial charge on any atom is 0.220 e. The van der Waals surface area contributed by atoms with Gasteiger partial charge in [-0.25, -0.2) is 0 Å². The normalized spacial score (nSPS) is 27.5. The van der Waals surface area contributed by atoms with Gasteiger partial charge in [-0.3, -0.25) is 9.59 Å². The van der Waals surface area contributed by atoms with Crippen LogP contribution in [-0.4, -0.2) is 30.0 Å². The highest BCUT2D eigenvalue weighted by Gasteiger charge is 2.39. The SMILES string of the molecule is COC1=CC2(C=CC1=O)CC(C(C)=O)=NO2. The number of rotatable bonds is 2. The lowest BCUT2D eigenvalue weighted by Gasteiger charge is -2.22. The monoisotopic (exact) mass is 221 g/mol. The van der Waals surface area contributed by atoms with Crippen LogP contribution in [-0.2, 0) is 19.2 Å². The van der Waals surface area contributed by atoms with E-state index >= 15 is 0 Å². The number of ketones is 2. The summed E-state index contributed by atoms with van der Waals surface area (Å²) in [7, 11) is 1.41. The van der Waals surface area contributed by atoms with Crippen molar-refractivity contribution >= 4 is 17.3 Å². The van der Waals surface area contributed by atoms with Crippen LogP contribution >= 0.6 is 0 Å². The van der Waals surface area contributed by atoms with E-state index < -0.39 is 5.60 Å². The molecule has 1 spiro atoms. The molecule has 0 saturated heterocycles. The van der Waals surface area contributed by atoms with Gasteiger partial charge in [0, 0.05) is 19.4 Å². The van der Waals surface area contributed by atoms with Crippen molar-refractivity contribution in [2.24, 2.45) is 5.16 Å². The Hall–Kier alpha value is -1.91. The Balaban J connectivity index is 2.25. The van der Waals surface area contributed by atoms with Gasteiger partial charge in [-0.2, -0.15) is 0 Å². The third kappa shape index (κ3) is 1.64. The number of Topliss-reactive ketones (excluding diaryl/α,β-unsaturated/α-hetero) is 1. The number of carbonyl (C=O) groups excluding carboxylic acids is 2. The fraction of sp³-hybridized carbons (Fsp3) is 0.364. The van der Waals surface area contributed by atoms with Crippen molar-refractivity contribution in [3.05, 3.63) is 24.0 Å². The van der Waals surface area contributed by atoms with Crippen LogP contribution in [0.5, 0.6) is 0 Å². The Morgan fingerprint density at radius 2 is 2.38 bits per heavy atom. The number of hydrogen-bond acceptors (Lipinski definition) is 5. The highest BCUT2D eigenvalue weighted by atomic mass is 16.7. The van der Waals surface area contributed by atoms with Crippen molar-refractivity contribution in [2.75, 3.05) is 7.11 Å². The predicted octanol–water partition coefficient (Wildman–Crippen LogP) is 0.760. The maximum absolute atomic E-state index is 11.3. The molecule has 0 amide bonds. The van der Waals surface area contributed by atoms with Gasteiger partial charge in [0.25, 0.3) is 0 Å². The molecule has 1 unspecified atom stereocenters. The lowest BCUT2D eigenvalue weighted by molar-refractivity contribution is -0.114. The lowest BCUT2D eigenvalue weighted by Crippen LogP contribution is -2.29. The zero-order valence-electron chi connectivity index (χ0n) is 9.02. The van der Waals surface area contributed by atoms with Gasteiger partial charge in [0.1, 0.15) is 5.71 Å².